The van der Waals surface area contributed by atoms with Crippen LogP contribution < -0.4 is 4.72 Å². The van der Waals surface area contributed by atoms with Gasteiger partial charge in [0, 0.05) is 10.6 Å². The molecule has 0 radical (unpaired) electrons. The number of hydrogen-bond acceptors (Lipinski definition) is 4. The molecule has 0 aliphatic heterocycles. The van der Waals surface area contributed by atoms with E-state index in [0.29, 0.717) is 11.3 Å². The maximum atomic E-state index is 12.3. The summed E-state index contributed by atoms with van der Waals surface area (Å²) in [4.78, 5) is 0.980. The smallest absolute Gasteiger partial charge is 0.263 e. The SMILES string of the molecule is Cc1sc(Br)cc1S(=O)(=O)Nc1cccc(C(C)O)c1. The van der Waals surface area contributed by atoms with E-state index in [2.05, 4.69) is 20.7 Å². The van der Waals surface area contributed by atoms with Crippen molar-refractivity contribution in [3.8, 4) is 0 Å². The molecule has 20 heavy (non-hydrogen) atoms. The highest BCUT2D eigenvalue weighted by molar-refractivity contribution is 9.11. The Labute approximate surface area is 130 Å². The van der Waals surface area contributed by atoms with Crippen molar-refractivity contribution in [2.45, 2.75) is 24.8 Å². The molecule has 1 unspecified atom stereocenters. The molecule has 0 amide bonds. The van der Waals surface area contributed by atoms with E-state index in [4.69, 9.17) is 0 Å². The van der Waals surface area contributed by atoms with E-state index in [9.17, 15) is 13.5 Å². The van der Waals surface area contributed by atoms with Gasteiger partial charge in [-0.2, -0.15) is 0 Å². The molecule has 2 rings (SSSR count). The number of thiophene rings is 1. The van der Waals surface area contributed by atoms with Crippen LogP contribution in [-0.4, -0.2) is 13.5 Å². The molecule has 108 valence electrons. The Hall–Kier alpha value is -0.890. The van der Waals surface area contributed by atoms with Crippen LogP contribution in [0.4, 0.5) is 5.69 Å². The number of aliphatic hydroxyl groups excluding tert-OH is 1. The van der Waals surface area contributed by atoms with E-state index in [0.717, 1.165) is 8.66 Å². The highest BCUT2D eigenvalue weighted by atomic mass is 79.9. The second kappa shape index (κ2) is 5.85. The first-order valence-corrected chi connectivity index (χ1v) is 8.95. The summed E-state index contributed by atoms with van der Waals surface area (Å²) in [5.74, 6) is 0. The molecule has 1 aromatic carbocycles. The molecule has 0 spiro atoms. The van der Waals surface area contributed by atoms with Gasteiger partial charge in [0.1, 0.15) is 4.90 Å². The summed E-state index contributed by atoms with van der Waals surface area (Å²) in [5.41, 5.74) is 1.10. The van der Waals surface area contributed by atoms with E-state index in [-0.39, 0.29) is 4.90 Å². The topological polar surface area (TPSA) is 66.4 Å². The van der Waals surface area contributed by atoms with Crippen LogP contribution >= 0.6 is 27.3 Å². The molecule has 7 heteroatoms. The van der Waals surface area contributed by atoms with Gasteiger partial charge < -0.3 is 5.11 Å². The minimum absolute atomic E-state index is 0.261. The fraction of sp³-hybridized carbons (Fsp3) is 0.231. The number of benzene rings is 1. The lowest BCUT2D eigenvalue weighted by atomic mass is 10.1. The highest BCUT2D eigenvalue weighted by Crippen LogP contribution is 2.31. The van der Waals surface area contributed by atoms with Crippen LogP contribution in [0.2, 0.25) is 0 Å². The molecule has 0 bridgehead atoms. The molecule has 0 fully saturated rings. The third kappa shape index (κ3) is 3.41. The molecule has 1 atom stereocenters. The third-order valence-electron chi connectivity index (χ3n) is 2.75. The maximum Gasteiger partial charge on any atom is 0.263 e. The molecule has 1 aromatic heterocycles. The van der Waals surface area contributed by atoms with Crippen molar-refractivity contribution in [1.29, 1.82) is 0 Å². The average Bonchev–Trinajstić information content (AvgIpc) is 2.69. The second-order valence-corrected chi connectivity index (χ2v) is 8.66. The molecule has 1 heterocycles. The zero-order valence-electron chi connectivity index (χ0n) is 10.9. The van der Waals surface area contributed by atoms with Crippen LogP contribution in [0, 0.1) is 6.92 Å². The summed E-state index contributed by atoms with van der Waals surface area (Å²) >= 11 is 4.66. The Morgan fingerprint density at radius 1 is 1.35 bits per heavy atom. The van der Waals surface area contributed by atoms with Gasteiger partial charge in [-0.1, -0.05) is 12.1 Å². The Balaban J connectivity index is 2.33. The Bertz CT molecular complexity index is 723. The van der Waals surface area contributed by atoms with Crippen LogP contribution in [-0.2, 0) is 10.0 Å². The van der Waals surface area contributed by atoms with Gasteiger partial charge in [0.2, 0.25) is 0 Å². The summed E-state index contributed by atoms with van der Waals surface area (Å²) in [6.45, 7) is 3.39. The van der Waals surface area contributed by atoms with Gasteiger partial charge in [-0.3, -0.25) is 4.72 Å². The Morgan fingerprint density at radius 3 is 2.60 bits per heavy atom. The van der Waals surface area contributed by atoms with Gasteiger partial charge in [0.05, 0.1) is 9.89 Å². The normalized spacial score (nSPS) is 13.2. The first-order valence-electron chi connectivity index (χ1n) is 5.86. The van der Waals surface area contributed by atoms with Gasteiger partial charge >= 0.3 is 0 Å². The van der Waals surface area contributed by atoms with Crippen LogP contribution in [0.5, 0.6) is 0 Å². The largest absolute Gasteiger partial charge is 0.389 e. The standard InChI is InChI=1S/C13H14BrNO3S2/c1-8(16)10-4-3-5-11(6-10)15-20(17,18)12-7-13(14)19-9(12)2/h3-8,15-16H,1-2H3. The van der Waals surface area contributed by atoms with Crippen molar-refractivity contribution in [1.82, 2.24) is 0 Å². The second-order valence-electron chi connectivity index (χ2n) is 4.38. The molecular weight excluding hydrogens is 362 g/mol. The molecule has 0 aliphatic carbocycles. The quantitative estimate of drug-likeness (QED) is 0.856. The summed E-state index contributed by atoms with van der Waals surface area (Å²) in [5, 5.41) is 9.53. The van der Waals surface area contributed by atoms with Crippen molar-refractivity contribution >= 4 is 43.0 Å². The lowest BCUT2D eigenvalue weighted by Crippen LogP contribution is -2.13. The summed E-state index contributed by atoms with van der Waals surface area (Å²) in [6.07, 6.45) is -0.642. The number of rotatable bonds is 4. The third-order valence-corrected chi connectivity index (χ3v) is 5.94. The molecule has 2 aromatic rings. The first kappa shape index (κ1) is 15.5. The maximum absolute atomic E-state index is 12.3. The van der Waals surface area contributed by atoms with E-state index in [1.165, 1.54) is 11.3 Å². The number of halogens is 1. The monoisotopic (exact) mass is 375 g/mol. The number of aliphatic hydroxyl groups is 1. The van der Waals surface area contributed by atoms with Crippen LogP contribution in [0.15, 0.2) is 39.0 Å². The van der Waals surface area contributed by atoms with Crippen molar-refractivity contribution in [2.24, 2.45) is 0 Å². The van der Waals surface area contributed by atoms with Gasteiger partial charge in [-0.15, -0.1) is 11.3 Å². The van der Waals surface area contributed by atoms with Gasteiger partial charge in [-0.25, -0.2) is 8.42 Å². The molecule has 2 N–H and O–H groups in total. The fourth-order valence-electron chi connectivity index (χ4n) is 1.77. The number of sulfonamides is 1. The Morgan fingerprint density at radius 2 is 2.05 bits per heavy atom. The molecule has 0 saturated carbocycles. The molecular formula is C13H14BrNO3S2. The predicted octanol–water partition coefficient (Wildman–Crippen LogP) is 3.67. The average molecular weight is 376 g/mol. The van der Waals surface area contributed by atoms with Crippen molar-refractivity contribution in [2.75, 3.05) is 4.72 Å². The summed E-state index contributed by atoms with van der Waals surface area (Å²) in [6, 6.07) is 8.31. The van der Waals surface area contributed by atoms with Crippen molar-refractivity contribution in [3.05, 3.63) is 44.6 Å². The van der Waals surface area contributed by atoms with Crippen LogP contribution in [0.1, 0.15) is 23.5 Å². The van der Waals surface area contributed by atoms with Crippen molar-refractivity contribution in [3.63, 3.8) is 0 Å². The van der Waals surface area contributed by atoms with Gasteiger partial charge in [0.25, 0.3) is 10.0 Å². The van der Waals surface area contributed by atoms with Crippen molar-refractivity contribution < 1.29 is 13.5 Å². The van der Waals surface area contributed by atoms with Gasteiger partial charge in [0.15, 0.2) is 0 Å². The van der Waals surface area contributed by atoms with Gasteiger partial charge in [-0.05, 0) is 53.5 Å². The van der Waals surface area contributed by atoms with E-state index < -0.39 is 16.1 Å². The van der Waals surface area contributed by atoms with E-state index in [1.54, 1.807) is 44.2 Å². The zero-order chi connectivity index (χ0) is 14.9. The summed E-state index contributed by atoms with van der Waals surface area (Å²) < 4.78 is 28.0. The summed E-state index contributed by atoms with van der Waals surface area (Å²) in [7, 11) is -3.62. The Kier molecular flexibility index (Phi) is 4.53. The van der Waals surface area contributed by atoms with E-state index >= 15 is 0 Å². The predicted molar refractivity (Wildman–Crippen MR) is 84.6 cm³/mol. The number of nitrogens with one attached hydrogen (secondary N) is 1. The fourth-order valence-corrected chi connectivity index (χ4v) is 5.23. The molecule has 0 saturated heterocycles. The number of hydrogen-bond donors (Lipinski definition) is 2. The number of aryl methyl sites for hydroxylation is 1. The lowest BCUT2D eigenvalue weighted by Gasteiger charge is -2.10. The van der Waals surface area contributed by atoms with E-state index in [1.807, 2.05) is 0 Å². The number of anilines is 1. The minimum atomic E-state index is -3.62. The lowest BCUT2D eigenvalue weighted by molar-refractivity contribution is 0.199. The highest BCUT2D eigenvalue weighted by Gasteiger charge is 2.19. The minimum Gasteiger partial charge on any atom is -0.389 e. The zero-order valence-corrected chi connectivity index (χ0v) is 14.1. The first-order chi connectivity index (χ1) is 9.29. The molecule has 0 aliphatic rings. The van der Waals surface area contributed by atoms with Crippen LogP contribution in [0.25, 0.3) is 0 Å². The molecule has 4 nitrogen and oxygen atoms in total. The van der Waals surface area contributed by atoms with Crippen LogP contribution in [0.3, 0.4) is 0 Å².